The molecule has 1 saturated carbocycles. The van der Waals surface area contributed by atoms with E-state index in [0.717, 1.165) is 80.4 Å². The molecule has 0 spiro atoms. The van der Waals surface area contributed by atoms with Crippen LogP contribution in [0.4, 0.5) is 0 Å². The van der Waals surface area contributed by atoms with E-state index in [1.807, 2.05) is 18.2 Å². The number of quaternary nitrogens is 1. The lowest BCUT2D eigenvalue weighted by molar-refractivity contribution is -0.917. The van der Waals surface area contributed by atoms with E-state index < -0.39 is 0 Å². The normalized spacial score (nSPS) is 28.6. The second kappa shape index (κ2) is 8.99. The van der Waals surface area contributed by atoms with Gasteiger partial charge in [0.15, 0.2) is 17.6 Å². The highest BCUT2D eigenvalue weighted by Gasteiger charge is 2.42. The van der Waals surface area contributed by atoms with Crippen LogP contribution < -0.4 is 31.2 Å². The highest BCUT2D eigenvalue weighted by atomic mass is 79.9. The monoisotopic (exact) mass is 443 g/mol. The molecule has 6 nitrogen and oxygen atoms in total. The van der Waals surface area contributed by atoms with Gasteiger partial charge in [0.05, 0.1) is 40.1 Å². The molecule has 1 saturated heterocycles. The zero-order valence-corrected chi connectivity index (χ0v) is 17.8. The molecule has 7 heteroatoms. The standard InChI is InChI=1S/C20H30NO5.BrH/c1-21(9-12-23-13-10-21)11-14-24-16-6-4-8-18-20(16)26-17-7-3-5-15(22-2)19(17)25-18;/h3,5,7,16,18,20H,4,6,8-14H2,1-2H3;1H/q+1;/p-1. The third-order valence-corrected chi connectivity index (χ3v) is 5.92. The number of halogens is 1. The van der Waals surface area contributed by atoms with Crippen molar-refractivity contribution in [1.82, 2.24) is 0 Å². The maximum Gasteiger partial charge on any atom is 0.203 e. The molecular formula is C20H30BrNO5. The minimum Gasteiger partial charge on any atom is -1.00 e. The molecule has 1 aromatic rings. The van der Waals surface area contributed by atoms with Crippen LogP contribution in [0, 0.1) is 0 Å². The number of benzene rings is 1. The quantitative estimate of drug-likeness (QED) is 0.560. The van der Waals surface area contributed by atoms with Crippen molar-refractivity contribution in [3.63, 3.8) is 0 Å². The van der Waals surface area contributed by atoms with Gasteiger partial charge in [0, 0.05) is 0 Å². The zero-order chi connectivity index (χ0) is 18.0. The van der Waals surface area contributed by atoms with Crippen LogP contribution in [0.2, 0.25) is 0 Å². The number of hydrogen-bond donors (Lipinski definition) is 0. The SMILES string of the molecule is COc1cccc2c1OC1CCCC(OCC[N+]3(C)CCOCC3)C1O2.[Br-]. The van der Waals surface area contributed by atoms with E-state index in [-0.39, 0.29) is 35.3 Å². The molecule has 0 amide bonds. The fourth-order valence-corrected chi connectivity index (χ4v) is 4.14. The largest absolute Gasteiger partial charge is 1.00 e. The minimum atomic E-state index is -0.0432. The number of likely N-dealkylation sites (N-methyl/N-ethyl adjacent to an activating group) is 1. The van der Waals surface area contributed by atoms with Crippen LogP contribution in [0.25, 0.3) is 0 Å². The van der Waals surface area contributed by atoms with Crippen molar-refractivity contribution in [3.8, 4) is 17.2 Å². The van der Waals surface area contributed by atoms with E-state index in [1.54, 1.807) is 7.11 Å². The highest BCUT2D eigenvalue weighted by Crippen LogP contribution is 2.44. The average Bonchev–Trinajstić information content (AvgIpc) is 2.66. The first kappa shape index (κ1) is 20.7. The summed E-state index contributed by atoms with van der Waals surface area (Å²) in [6.45, 7) is 5.58. The summed E-state index contributed by atoms with van der Waals surface area (Å²) in [5.74, 6) is 2.21. The molecule has 0 bridgehead atoms. The Kier molecular flexibility index (Phi) is 6.89. The van der Waals surface area contributed by atoms with E-state index in [0.29, 0.717) is 0 Å². The molecule has 2 aliphatic heterocycles. The van der Waals surface area contributed by atoms with Crippen molar-refractivity contribution < 1.29 is 45.1 Å². The summed E-state index contributed by atoms with van der Waals surface area (Å²) >= 11 is 0. The topological polar surface area (TPSA) is 46.2 Å². The minimum absolute atomic E-state index is 0. The van der Waals surface area contributed by atoms with E-state index >= 15 is 0 Å². The molecule has 0 N–H and O–H groups in total. The van der Waals surface area contributed by atoms with Crippen molar-refractivity contribution in [1.29, 1.82) is 0 Å². The van der Waals surface area contributed by atoms with Gasteiger partial charge in [-0.3, -0.25) is 0 Å². The lowest BCUT2D eigenvalue weighted by Crippen LogP contribution is -3.00. The van der Waals surface area contributed by atoms with Gasteiger partial charge in [0.2, 0.25) is 5.75 Å². The summed E-state index contributed by atoms with van der Waals surface area (Å²) in [6.07, 6.45) is 3.19. The van der Waals surface area contributed by atoms with Crippen molar-refractivity contribution in [2.45, 2.75) is 37.6 Å². The van der Waals surface area contributed by atoms with Crippen LogP contribution >= 0.6 is 0 Å². The number of para-hydroxylation sites is 1. The maximum atomic E-state index is 6.30. The lowest BCUT2D eigenvalue weighted by Gasteiger charge is -2.42. The van der Waals surface area contributed by atoms with Gasteiger partial charge in [-0.15, -0.1) is 0 Å². The molecule has 4 rings (SSSR count). The third kappa shape index (κ3) is 4.53. The molecule has 1 aliphatic carbocycles. The Hall–Kier alpha value is -1.02. The van der Waals surface area contributed by atoms with Crippen molar-refractivity contribution in [2.24, 2.45) is 0 Å². The molecule has 3 atom stereocenters. The molecule has 3 aliphatic rings. The molecule has 0 radical (unpaired) electrons. The van der Waals surface area contributed by atoms with Gasteiger partial charge in [-0.25, -0.2) is 0 Å². The number of methoxy groups -OCH3 is 1. The van der Waals surface area contributed by atoms with Crippen LogP contribution in [-0.2, 0) is 9.47 Å². The Morgan fingerprint density at radius 2 is 1.96 bits per heavy atom. The summed E-state index contributed by atoms with van der Waals surface area (Å²) in [5.41, 5.74) is 0. The average molecular weight is 444 g/mol. The Bertz CT molecular complexity index is 622. The molecule has 152 valence electrons. The molecule has 2 heterocycles. The van der Waals surface area contributed by atoms with Gasteiger partial charge in [-0.1, -0.05) is 6.07 Å². The zero-order valence-electron chi connectivity index (χ0n) is 16.2. The van der Waals surface area contributed by atoms with Gasteiger partial charge in [0.1, 0.15) is 25.7 Å². The van der Waals surface area contributed by atoms with E-state index in [2.05, 4.69) is 7.05 Å². The van der Waals surface area contributed by atoms with Crippen LogP contribution in [0.3, 0.4) is 0 Å². The fourth-order valence-electron chi connectivity index (χ4n) is 4.14. The van der Waals surface area contributed by atoms with E-state index in [4.69, 9.17) is 23.7 Å². The van der Waals surface area contributed by atoms with Gasteiger partial charge < -0.3 is 45.1 Å². The van der Waals surface area contributed by atoms with Gasteiger partial charge in [-0.05, 0) is 31.4 Å². The van der Waals surface area contributed by atoms with Gasteiger partial charge in [0.25, 0.3) is 0 Å². The van der Waals surface area contributed by atoms with Gasteiger partial charge in [-0.2, -0.15) is 0 Å². The van der Waals surface area contributed by atoms with Crippen LogP contribution in [0.15, 0.2) is 18.2 Å². The number of nitrogens with zero attached hydrogens (tertiary/aromatic N) is 1. The Morgan fingerprint density at radius 3 is 2.74 bits per heavy atom. The van der Waals surface area contributed by atoms with Crippen molar-refractivity contribution >= 4 is 0 Å². The molecular weight excluding hydrogens is 414 g/mol. The first-order valence-electron chi connectivity index (χ1n) is 9.72. The summed E-state index contributed by atoms with van der Waals surface area (Å²) in [6, 6.07) is 5.79. The molecule has 3 unspecified atom stereocenters. The summed E-state index contributed by atoms with van der Waals surface area (Å²) < 4.78 is 30.8. The third-order valence-electron chi connectivity index (χ3n) is 5.92. The summed E-state index contributed by atoms with van der Waals surface area (Å²) in [7, 11) is 3.95. The molecule has 1 aromatic carbocycles. The summed E-state index contributed by atoms with van der Waals surface area (Å²) in [4.78, 5) is 0. The van der Waals surface area contributed by atoms with Gasteiger partial charge >= 0.3 is 0 Å². The van der Waals surface area contributed by atoms with Crippen molar-refractivity contribution in [2.75, 3.05) is 53.6 Å². The smallest absolute Gasteiger partial charge is 0.203 e. The predicted octanol–water partition coefficient (Wildman–Crippen LogP) is -0.746. The number of ether oxygens (including phenoxy) is 5. The summed E-state index contributed by atoms with van der Waals surface area (Å²) in [5, 5.41) is 0. The fraction of sp³-hybridized carbons (Fsp3) is 0.700. The lowest BCUT2D eigenvalue weighted by atomic mass is 9.90. The maximum absolute atomic E-state index is 6.30. The number of fused-ring (bicyclic) bond motifs is 2. The Labute approximate surface area is 172 Å². The number of morpholine rings is 1. The number of hydrogen-bond acceptors (Lipinski definition) is 5. The Balaban J connectivity index is 0.00000210. The molecule has 27 heavy (non-hydrogen) atoms. The first-order chi connectivity index (χ1) is 12.7. The van der Waals surface area contributed by atoms with E-state index in [9.17, 15) is 0 Å². The number of rotatable bonds is 5. The molecule has 2 fully saturated rings. The predicted molar refractivity (Wildman–Crippen MR) is 97.0 cm³/mol. The first-order valence-corrected chi connectivity index (χ1v) is 9.72. The second-order valence-electron chi connectivity index (χ2n) is 7.77. The Morgan fingerprint density at radius 1 is 1.15 bits per heavy atom. The van der Waals surface area contributed by atoms with Crippen LogP contribution in [0.5, 0.6) is 17.2 Å². The van der Waals surface area contributed by atoms with E-state index in [1.165, 1.54) is 0 Å². The van der Waals surface area contributed by atoms with Crippen LogP contribution in [-0.4, -0.2) is 76.4 Å². The second-order valence-corrected chi connectivity index (χ2v) is 7.77. The van der Waals surface area contributed by atoms with Crippen LogP contribution in [0.1, 0.15) is 19.3 Å². The molecule has 0 aromatic heterocycles. The highest BCUT2D eigenvalue weighted by molar-refractivity contribution is 5.52. The van der Waals surface area contributed by atoms with Crippen molar-refractivity contribution in [3.05, 3.63) is 18.2 Å².